The van der Waals surface area contributed by atoms with Gasteiger partial charge in [0.05, 0.1) is 30.8 Å². The van der Waals surface area contributed by atoms with E-state index in [0.29, 0.717) is 24.5 Å². The van der Waals surface area contributed by atoms with Gasteiger partial charge in [-0.2, -0.15) is 11.8 Å². The Morgan fingerprint density at radius 1 is 1.14 bits per heavy atom. The molecule has 4 fully saturated rings. The van der Waals surface area contributed by atoms with Crippen molar-refractivity contribution in [1.29, 1.82) is 0 Å². The largest absolute Gasteiger partial charge is 0.384 e. The lowest BCUT2D eigenvalue weighted by atomic mass is 9.78. The molecule has 4 aliphatic heterocycles. The highest BCUT2D eigenvalue weighted by atomic mass is 32.2. The summed E-state index contributed by atoms with van der Waals surface area (Å²) in [5.41, 5.74) is 9.52. The summed E-state index contributed by atoms with van der Waals surface area (Å²) >= 11 is 1.75. The van der Waals surface area contributed by atoms with Gasteiger partial charge in [-0.25, -0.2) is 9.98 Å². The van der Waals surface area contributed by atoms with E-state index in [2.05, 4.69) is 69.9 Å². The van der Waals surface area contributed by atoms with Gasteiger partial charge < -0.3 is 30.3 Å². The van der Waals surface area contributed by atoms with Crippen molar-refractivity contribution in [2.75, 3.05) is 72.9 Å². The van der Waals surface area contributed by atoms with Crippen LogP contribution in [0.5, 0.6) is 0 Å². The molecule has 0 radical (unpaired) electrons. The maximum absolute atomic E-state index is 6.20. The predicted molar refractivity (Wildman–Crippen MR) is 179 cm³/mol. The molecule has 0 aliphatic carbocycles. The number of hydrogen-bond donors (Lipinski definition) is 2. The molecule has 10 heteroatoms. The zero-order valence-corrected chi connectivity index (χ0v) is 26.8. The Morgan fingerprint density at radius 3 is 2.43 bits per heavy atom. The number of ether oxygens (including phenoxy) is 2. The van der Waals surface area contributed by atoms with Crippen molar-refractivity contribution in [1.82, 2.24) is 4.98 Å². The average molecular weight is 594 g/mol. The molecule has 1 spiro atoms. The van der Waals surface area contributed by atoms with Gasteiger partial charge in [-0.1, -0.05) is 19.9 Å². The van der Waals surface area contributed by atoms with E-state index in [1.807, 2.05) is 44.7 Å². The van der Waals surface area contributed by atoms with Crippen LogP contribution in [-0.2, 0) is 9.47 Å². The number of hydrogen-bond acceptors (Lipinski definition) is 9. The van der Waals surface area contributed by atoms with E-state index in [1.165, 1.54) is 5.69 Å². The summed E-state index contributed by atoms with van der Waals surface area (Å²) in [6, 6.07) is 14.4. The van der Waals surface area contributed by atoms with Crippen LogP contribution in [0.3, 0.4) is 0 Å². The lowest BCUT2D eigenvalue weighted by Gasteiger charge is -2.56. The lowest BCUT2D eigenvalue weighted by Crippen LogP contribution is -2.66. The minimum absolute atomic E-state index is 0.126. The first-order valence-electron chi connectivity index (χ1n) is 14.7. The topological polar surface area (TPSA) is 101 Å². The maximum Gasteiger partial charge on any atom is 0.136 e. The third-order valence-electron chi connectivity index (χ3n) is 7.88. The van der Waals surface area contributed by atoms with E-state index >= 15 is 0 Å². The van der Waals surface area contributed by atoms with Crippen LogP contribution in [0.25, 0.3) is 0 Å². The van der Waals surface area contributed by atoms with Gasteiger partial charge in [0, 0.05) is 48.2 Å². The molecule has 2 aromatic rings. The SMILES string of the molecule is C=N/C=C1\C(=N/CNc2ccc(N3CC4(COC4)C3)cc2)N(c2cccc(N)n2)C2CC(C)(C)OCC12.CC.CSC. The minimum atomic E-state index is -0.246. The van der Waals surface area contributed by atoms with Gasteiger partial charge in [0.25, 0.3) is 0 Å². The molecular weight excluding hydrogens is 546 g/mol. The van der Waals surface area contributed by atoms with Gasteiger partial charge in [0.15, 0.2) is 0 Å². The Hall–Kier alpha value is -3.08. The Kier molecular flexibility index (Phi) is 10.6. The molecule has 4 aliphatic rings. The Balaban J connectivity index is 0.000000763. The van der Waals surface area contributed by atoms with Crippen molar-refractivity contribution < 1.29 is 9.47 Å². The number of fused-ring (bicyclic) bond motifs is 1. The molecule has 1 aromatic heterocycles. The second-order valence-electron chi connectivity index (χ2n) is 11.6. The fourth-order valence-electron chi connectivity index (χ4n) is 5.95. The van der Waals surface area contributed by atoms with Crippen LogP contribution in [0.1, 0.15) is 34.1 Å². The molecule has 0 saturated carbocycles. The van der Waals surface area contributed by atoms with Crippen LogP contribution in [0, 0.1) is 11.3 Å². The molecule has 9 nitrogen and oxygen atoms in total. The van der Waals surface area contributed by atoms with Crippen LogP contribution in [0.15, 0.2) is 64.2 Å². The third-order valence-corrected chi connectivity index (χ3v) is 7.88. The fourth-order valence-corrected chi connectivity index (χ4v) is 5.95. The van der Waals surface area contributed by atoms with Gasteiger partial charge in [0.2, 0.25) is 0 Å². The first-order valence-corrected chi connectivity index (χ1v) is 16.3. The van der Waals surface area contributed by atoms with Crippen molar-refractivity contribution in [3.63, 3.8) is 0 Å². The summed E-state index contributed by atoms with van der Waals surface area (Å²) in [5, 5.41) is 3.45. The number of nitrogens with two attached hydrogens (primary N) is 1. The Morgan fingerprint density at radius 2 is 1.83 bits per heavy atom. The summed E-state index contributed by atoms with van der Waals surface area (Å²) < 4.78 is 11.6. The van der Waals surface area contributed by atoms with Crippen LogP contribution in [0.4, 0.5) is 23.0 Å². The smallest absolute Gasteiger partial charge is 0.136 e. The fraction of sp³-hybridized carbons (Fsp3) is 0.531. The Labute approximate surface area is 255 Å². The summed E-state index contributed by atoms with van der Waals surface area (Å²) in [6.07, 6.45) is 6.73. The van der Waals surface area contributed by atoms with E-state index in [-0.39, 0.29) is 17.6 Å². The molecule has 0 bridgehead atoms. The van der Waals surface area contributed by atoms with Crippen LogP contribution in [0.2, 0.25) is 0 Å². The van der Waals surface area contributed by atoms with Crippen molar-refractivity contribution in [3.05, 3.63) is 54.2 Å². The van der Waals surface area contributed by atoms with Crippen molar-refractivity contribution in [2.24, 2.45) is 21.3 Å². The normalized spacial score (nSPS) is 24.9. The molecule has 1 aromatic carbocycles. The Bertz CT molecular complexity index is 1250. The molecule has 5 heterocycles. The van der Waals surface area contributed by atoms with Gasteiger partial charge in [0.1, 0.15) is 24.1 Å². The molecule has 4 saturated heterocycles. The third kappa shape index (κ3) is 6.93. The zero-order valence-electron chi connectivity index (χ0n) is 26.0. The van der Waals surface area contributed by atoms with Crippen LogP contribution in [-0.4, -0.2) is 81.3 Å². The second kappa shape index (κ2) is 13.9. The zero-order chi connectivity index (χ0) is 30.3. The van der Waals surface area contributed by atoms with Crippen molar-refractivity contribution in [2.45, 2.75) is 45.8 Å². The predicted octanol–water partition coefficient (Wildman–Crippen LogP) is 5.56. The number of nitrogens with zero attached hydrogens (tertiary/aromatic N) is 5. The number of amidine groups is 1. The summed E-state index contributed by atoms with van der Waals surface area (Å²) in [5.74, 6) is 2.22. The van der Waals surface area contributed by atoms with E-state index in [0.717, 1.165) is 55.6 Å². The molecule has 228 valence electrons. The number of thioether (sulfide) groups is 1. The first kappa shape index (κ1) is 31.8. The number of aromatic nitrogens is 1. The summed E-state index contributed by atoms with van der Waals surface area (Å²) in [6.45, 7) is 16.9. The van der Waals surface area contributed by atoms with Crippen molar-refractivity contribution in [3.8, 4) is 0 Å². The molecule has 2 unspecified atom stereocenters. The highest BCUT2D eigenvalue weighted by Crippen LogP contribution is 2.43. The number of nitrogens with one attached hydrogen (secondary N) is 1. The van der Waals surface area contributed by atoms with Gasteiger partial charge in [-0.3, -0.25) is 4.99 Å². The summed E-state index contributed by atoms with van der Waals surface area (Å²) in [7, 11) is 0. The van der Waals surface area contributed by atoms with Crippen LogP contribution < -0.4 is 20.9 Å². The number of anilines is 4. The number of nitrogen functional groups attached to an aromatic ring is 1. The first-order chi connectivity index (χ1) is 20.3. The number of aliphatic imine (C=N–C) groups is 2. The van der Waals surface area contributed by atoms with E-state index < -0.39 is 0 Å². The molecule has 3 N–H and O–H groups in total. The standard InChI is InChI=1S/C28H35N7O2.C2H6S.C2H6/c1-27(2)11-23-22(13-37-27)21(12-30-3)26(35(23)25-6-4-5-24(29)33-25)32-18-31-19-7-9-20(10-8-19)34-14-28(15-34)16-36-17-28;1-3-2;1-2/h4-10,12,22-23,31H,3,11,13-18H2,1-2H3,(H2,29,33);1-2H3;1-2H3/b21-12-,32-26+;;. The summed E-state index contributed by atoms with van der Waals surface area (Å²) in [4.78, 5) is 18.4. The monoisotopic (exact) mass is 593 g/mol. The van der Waals surface area contributed by atoms with Gasteiger partial charge >= 0.3 is 0 Å². The maximum atomic E-state index is 6.20. The minimum Gasteiger partial charge on any atom is -0.384 e. The quantitative estimate of drug-likeness (QED) is 0.420. The van der Waals surface area contributed by atoms with Gasteiger partial charge in [-0.05, 0) is 75.9 Å². The highest BCUT2D eigenvalue weighted by molar-refractivity contribution is 7.97. The average Bonchev–Trinajstić information content (AvgIpc) is 3.21. The molecule has 6 rings (SSSR count). The molecule has 0 amide bonds. The van der Waals surface area contributed by atoms with Gasteiger partial charge in [-0.15, -0.1) is 0 Å². The van der Waals surface area contributed by atoms with E-state index in [4.69, 9.17) is 20.2 Å². The molecular formula is C32H47N7O2S. The van der Waals surface area contributed by atoms with E-state index in [1.54, 1.807) is 17.8 Å². The van der Waals surface area contributed by atoms with Crippen molar-refractivity contribution >= 4 is 47.3 Å². The number of pyridine rings is 1. The molecule has 42 heavy (non-hydrogen) atoms. The van der Waals surface area contributed by atoms with E-state index in [9.17, 15) is 0 Å². The lowest BCUT2D eigenvalue weighted by molar-refractivity contribution is -0.127. The number of benzene rings is 1. The second-order valence-corrected chi connectivity index (χ2v) is 12.4. The highest BCUT2D eigenvalue weighted by Gasteiger charge is 2.50. The molecule has 2 atom stereocenters. The number of rotatable bonds is 6. The van der Waals surface area contributed by atoms with Crippen LogP contribution >= 0.6 is 11.8 Å².